The molecule has 0 bridgehead atoms. The third-order valence-corrected chi connectivity index (χ3v) is 8.12. The number of likely N-dealkylation sites (tertiary alicyclic amines) is 1. The predicted molar refractivity (Wildman–Crippen MR) is 128 cm³/mol. The smallest absolute Gasteiger partial charge is 0.306 e. The molecule has 32 heavy (non-hydrogen) atoms. The van der Waals surface area contributed by atoms with E-state index in [1.165, 1.54) is 43.2 Å². The number of anilines is 1. The van der Waals surface area contributed by atoms with Gasteiger partial charge in [0.2, 0.25) is 5.91 Å². The fraction of sp³-hybridized carbons (Fsp3) is 0.704. The van der Waals surface area contributed by atoms with Crippen molar-refractivity contribution in [3.05, 3.63) is 29.3 Å². The second-order valence-corrected chi connectivity index (χ2v) is 10.3. The minimum Gasteiger partial charge on any atom is -0.481 e. The van der Waals surface area contributed by atoms with Gasteiger partial charge in [-0.05, 0) is 87.6 Å². The number of nitrogens with zero attached hydrogens (tertiary/aromatic N) is 2. The zero-order chi connectivity index (χ0) is 22.5. The molecule has 2 fully saturated rings. The van der Waals surface area contributed by atoms with Gasteiger partial charge in [0.1, 0.15) is 0 Å². The predicted octanol–water partition coefficient (Wildman–Crippen LogP) is 4.91. The first kappa shape index (κ1) is 23.3. The van der Waals surface area contributed by atoms with Gasteiger partial charge in [-0.1, -0.05) is 38.3 Å². The van der Waals surface area contributed by atoms with Crippen molar-refractivity contribution >= 4 is 17.6 Å². The second-order valence-electron chi connectivity index (χ2n) is 10.3. The Morgan fingerprint density at radius 3 is 2.44 bits per heavy atom. The van der Waals surface area contributed by atoms with E-state index in [4.69, 9.17) is 5.11 Å². The van der Waals surface area contributed by atoms with E-state index in [0.29, 0.717) is 5.91 Å². The summed E-state index contributed by atoms with van der Waals surface area (Å²) in [5, 5.41) is 9.16. The van der Waals surface area contributed by atoms with E-state index in [0.717, 1.165) is 76.3 Å². The van der Waals surface area contributed by atoms with Crippen LogP contribution in [-0.4, -0.2) is 48.1 Å². The molecule has 1 saturated carbocycles. The van der Waals surface area contributed by atoms with E-state index >= 15 is 0 Å². The van der Waals surface area contributed by atoms with Gasteiger partial charge < -0.3 is 14.9 Å². The quantitative estimate of drug-likeness (QED) is 0.624. The Hall–Kier alpha value is -1.88. The monoisotopic (exact) mass is 440 g/mol. The first-order chi connectivity index (χ1) is 15.5. The van der Waals surface area contributed by atoms with Crippen LogP contribution in [0.25, 0.3) is 0 Å². The maximum absolute atomic E-state index is 13.3. The summed E-state index contributed by atoms with van der Waals surface area (Å²) >= 11 is 0. The molecule has 1 amide bonds. The number of rotatable bonds is 8. The molecule has 5 heteroatoms. The average Bonchev–Trinajstić information content (AvgIpc) is 3.25. The summed E-state index contributed by atoms with van der Waals surface area (Å²) in [6, 6.07) is 6.66. The summed E-state index contributed by atoms with van der Waals surface area (Å²) in [6.07, 6.45) is 12.0. The minimum absolute atomic E-state index is 0.166. The number of fused-ring (bicyclic) bond motifs is 1. The number of carbonyl (C=O) groups excluding carboxylic acids is 1. The van der Waals surface area contributed by atoms with Crippen molar-refractivity contribution in [3.8, 4) is 0 Å². The molecule has 1 aliphatic carbocycles. The molecule has 0 aromatic heterocycles. The lowest BCUT2D eigenvalue weighted by Gasteiger charge is -2.31. The van der Waals surface area contributed by atoms with Gasteiger partial charge in [0.15, 0.2) is 0 Å². The summed E-state index contributed by atoms with van der Waals surface area (Å²) in [6.45, 7) is 5.83. The molecule has 3 aliphatic rings. The Morgan fingerprint density at radius 1 is 1.00 bits per heavy atom. The molecular formula is C27H40N2O3. The lowest BCUT2D eigenvalue weighted by Crippen LogP contribution is -2.37. The number of hydrogen-bond donors (Lipinski definition) is 1. The molecule has 0 unspecified atom stereocenters. The highest BCUT2D eigenvalue weighted by atomic mass is 16.4. The summed E-state index contributed by atoms with van der Waals surface area (Å²) in [7, 11) is 0. The van der Waals surface area contributed by atoms with Gasteiger partial charge in [0.25, 0.3) is 0 Å². The molecule has 0 radical (unpaired) electrons. The highest BCUT2D eigenvalue weighted by Crippen LogP contribution is 2.36. The lowest BCUT2D eigenvalue weighted by molar-refractivity contribution is -0.143. The van der Waals surface area contributed by atoms with Crippen molar-refractivity contribution in [2.75, 3.05) is 31.1 Å². The Kier molecular flexibility index (Phi) is 7.88. The number of unbranched alkanes of at least 4 members (excludes halogenated alkanes) is 1. The number of hydrogen-bond acceptors (Lipinski definition) is 3. The van der Waals surface area contributed by atoms with E-state index in [-0.39, 0.29) is 11.8 Å². The van der Waals surface area contributed by atoms with Crippen LogP contribution < -0.4 is 4.90 Å². The van der Waals surface area contributed by atoms with Crippen LogP contribution in [0.3, 0.4) is 0 Å². The maximum Gasteiger partial charge on any atom is 0.306 e. The van der Waals surface area contributed by atoms with Crippen LogP contribution in [-0.2, 0) is 22.4 Å². The van der Waals surface area contributed by atoms with Crippen LogP contribution in [0, 0.1) is 17.8 Å². The first-order valence-electron chi connectivity index (χ1n) is 12.9. The minimum atomic E-state index is -0.646. The normalized spacial score (nSPS) is 24.5. The number of piperidine rings is 1. The van der Waals surface area contributed by atoms with Crippen LogP contribution in [0.2, 0.25) is 0 Å². The second kappa shape index (κ2) is 10.8. The Balaban J connectivity index is 1.27. The van der Waals surface area contributed by atoms with Crippen molar-refractivity contribution in [2.45, 2.75) is 77.6 Å². The Labute approximate surface area is 193 Å². The number of benzene rings is 1. The number of carboxylic acids is 1. The van der Waals surface area contributed by atoms with Crippen molar-refractivity contribution in [3.63, 3.8) is 0 Å². The number of aliphatic carboxylic acids is 1. The van der Waals surface area contributed by atoms with Gasteiger partial charge in [-0.3, -0.25) is 9.59 Å². The summed E-state index contributed by atoms with van der Waals surface area (Å²) in [5.74, 6) is 0.592. The molecular weight excluding hydrogens is 400 g/mol. The number of amides is 1. The van der Waals surface area contributed by atoms with Crippen LogP contribution in [0.15, 0.2) is 18.2 Å². The highest BCUT2D eigenvalue weighted by molar-refractivity contribution is 5.97. The lowest BCUT2D eigenvalue weighted by atomic mass is 9.79. The standard InChI is InChI=1S/C27H40N2O3/c1-2-3-4-20-5-8-22(9-6-20)26(30)29-18-14-24-19-21(7-10-25(24)29)11-15-28-16-12-23(13-17-28)27(31)32/h7,10,19-20,22-23H,2-6,8-9,11-18H2,1H3,(H,31,32). The highest BCUT2D eigenvalue weighted by Gasteiger charge is 2.33. The van der Waals surface area contributed by atoms with Gasteiger partial charge in [-0.15, -0.1) is 0 Å². The van der Waals surface area contributed by atoms with E-state index in [1.54, 1.807) is 0 Å². The van der Waals surface area contributed by atoms with E-state index in [1.807, 2.05) is 0 Å². The van der Waals surface area contributed by atoms with E-state index in [9.17, 15) is 9.59 Å². The fourth-order valence-corrected chi connectivity index (χ4v) is 5.94. The fourth-order valence-electron chi connectivity index (χ4n) is 5.94. The molecule has 1 aromatic rings. The third-order valence-electron chi connectivity index (χ3n) is 8.12. The first-order valence-corrected chi connectivity index (χ1v) is 12.9. The maximum atomic E-state index is 13.3. The van der Waals surface area contributed by atoms with Crippen LogP contribution in [0.5, 0.6) is 0 Å². The topological polar surface area (TPSA) is 60.9 Å². The summed E-state index contributed by atoms with van der Waals surface area (Å²) in [4.78, 5) is 28.8. The van der Waals surface area contributed by atoms with E-state index in [2.05, 4.69) is 34.9 Å². The molecule has 1 saturated heterocycles. The molecule has 1 aromatic carbocycles. The largest absolute Gasteiger partial charge is 0.481 e. The van der Waals surface area contributed by atoms with Crippen molar-refractivity contribution in [1.82, 2.24) is 4.90 Å². The Bertz CT molecular complexity index is 792. The van der Waals surface area contributed by atoms with E-state index < -0.39 is 5.97 Å². The van der Waals surface area contributed by atoms with Gasteiger partial charge in [-0.2, -0.15) is 0 Å². The molecule has 0 atom stereocenters. The molecule has 0 spiro atoms. The zero-order valence-electron chi connectivity index (χ0n) is 19.7. The Morgan fingerprint density at radius 2 is 1.75 bits per heavy atom. The van der Waals surface area contributed by atoms with Gasteiger partial charge in [0.05, 0.1) is 5.92 Å². The van der Waals surface area contributed by atoms with Crippen molar-refractivity contribution in [2.24, 2.45) is 17.8 Å². The summed E-state index contributed by atoms with van der Waals surface area (Å²) < 4.78 is 0. The van der Waals surface area contributed by atoms with Gasteiger partial charge >= 0.3 is 5.97 Å². The third kappa shape index (κ3) is 5.54. The molecule has 176 valence electrons. The number of carbonyl (C=O) groups is 2. The van der Waals surface area contributed by atoms with Crippen molar-refractivity contribution in [1.29, 1.82) is 0 Å². The van der Waals surface area contributed by atoms with Gasteiger partial charge in [-0.25, -0.2) is 0 Å². The van der Waals surface area contributed by atoms with Crippen LogP contribution in [0.4, 0.5) is 5.69 Å². The van der Waals surface area contributed by atoms with Crippen molar-refractivity contribution < 1.29 is 14.7 Å². The molecule has 2 aliphatic heterocycles. The SMILES string of the molecule is CCCCC1CCC(C(=O)N2CCc3cc(CCN4CCC(C(=O)O)CC4)ccc32)CC1. The average molecular weight is 441 g/mol. The molecule has 4 rings (SSSR count). The van der Waals surface area contributed by atoms with Crippen LogP contribution in [0.1, 0.15) is 75.8 Å². The molecule has 2 heterocycles. The van der Waals surface area contributed by atoms with Gasteiger partial charge in [0, 0.05) is 24.7 Å². The van der Waals surface area contributed by atoms with Crippen LogP contribution >= 0.6 is 0 Å². The summed E-state index contributed by atoms with van der Waals surface area (Å²) in [5.41, 5.74) is 3.78. The number of carboxylic acid groups (broad SMARTS) is 1. The molecule has 5 nitrogen and oxygen atoms in total. The zero-order valence-corrected chi connectivity index (χ0v) is 19.7. The molecule has 1 N–H and O–H groups in total.